The van der Waals surface area contributed by atoms with Crippen LogP contribution < -0.4 is 14.8 Å². The average Bonchev–Trinajstić information content (AvgIpc) is 3.00. The fourth-order valence-electron chi connectivity index (χ4n) is 5.72. The Morgan fingerprint density at radius 1 is 1.17 bits per heavy atom. The van der Waals surface area contributed by atoms with Gasteiger partial charge < -0.3 is 24.4 Å². The maximum absolute atomic E-state index is 14.8. The lowest BCUT2D eigenvalue weighted by Gasteiger charge is -2.52. The molecular weight excluding hydrogens is 572 g/mol. The summed E-state index contributed by atoms with van der Waals surface area (Å²) in [6, 6.07) is 6.68. The molecule has 12 heteroatoms. The van der Waals surface area contributed by atoms with E-state index >= 15 is 0 Å². The Morgan fingerprint density at radius 3 is 2.71 bits per heavy atom. The van der Waals surface area contributed by atoms with Crippen LogP contribution in [0.25, 0.3) is 10.9 Å². The monoisotopic (exact) mass is 601 g/mol. The van der Waals surface area contributed by atoms with Gasteiger partial charge in [0.1, 0.15) is 24.9 Å². The molecular formula is C29H30Cl2FN5O4. The normalized spacial score (nSPS) is 22.2. The number of fused-ring (bicyclic) bond motifs is 3. The van der Waals surface area contributed by atoms with E-state index in [4.69, 9.17) is 37.4 Å². The number of nitrogens with one attached hydrogen (secondary N) is 1. The first-order chi connectivity index (χ1) is 19.9. The molecule has 7 rings (SSSR count). The van der Waals surface area contributed by atoms with E-state index in [9.17, 15) is 9.18 Å². The molecule has 216 valence electrons. The number of amides is 1. The lowest BCUT2D eigenvalue weighted by Crippen LogP contribution is -2.61. The van der Waals surface area contributed by atoms with E-state index in [1.54, 1.807) is 0 Å². The number of piperidine rings is 2. The number of hydrogen-bond acceptors (Lipinski definition) is 8. The van der Waals surface area contributed by atoms with Crippen molar-refractivity contribution in [3.63, 3.8) is 0 Å². The van der Waals surface area contributed by atoms with Gasteiger partial charge in [-0.25, -0.2) is 14.4 Å². The van der Waals surface area contributed by atoms with Crippen molar-refractivity contribution in [1.29, 1.82) is 0 Å². The summed E-state index contributed by atoms with van der Waals surface area (Å²) in [5, 5.41) is 3.60. The number of aromatic nitrogens is 2. The molecule has 0 unspecified atom stereocenters. The van der Waals surface area contributed by atoms with Crippen LogP contribution in [-0.2, 0) is 9.53 Å². The van der Waals surface area contributed by atoms with E-state index in [2.05, 4.69) is 26.8 Å². The second-order valence-corrected chi connectivity index (χ2v) is 11.3. The summed E-state index contributed by atoms with van der Waals surface area (Å²) in [5.41, 5.74) is 0.737. The number of nitrogens with zero attached hydrogens (tertiary/aromatic N) is 4. The molecule has 1 N–H and O–H groups in total. The molecule has 3 saturated heterocycles. The molecule has 4 fully saturated rings. The molecule has 1 amide bonds. The zero-order chi connectivity index (χ0) is 28.5. The Labute approximate surface area is 247 Å². The smallest absolute Gasteiger partial charge is 0.245 e. The lowest BCUT2D eigenvalue weighted by atomic mass is 9.68. The Morgan fingerprint density at radius 2 is 1.95 bits per heavy atom. The molecule has 3 aromatic rings. The number of carbonyl (C=O) groups is 1. The van der Waals surface area contributed by atoms with E-state index in [1.807, 2.05) is 17.0 Å². The number of benzene rings is 2. The molecule has 9 nitrogen and oxygen atoms in total. The third kappa shape index (κ3) is 5.79. The number of ether oxygens (including phenoxy) is 3. The molecule has 2 aromatic carbocycles. The first-order valence-corrected chi connectivity index (χ1v) is 14.4. The standard InChI is InChI=1S/C29H30Cl2FN5O4/c1-2-25(38)37-14-17-11-18(15-37)28(17)41-24-12-19-22(13-23(24)40-10-7-36-5-8-39-9-6-36)33-16-34-29(19)35-21-4-3-20(30)26(31)27(21)32/h2-4,12-13,16-18,28H,1,5-11,14-15H2,(H,33,34,35)/t17-,18+,28+. The molecule has 1 saturated carbocycles. The van der Waals surface area contributed by atoms with Crippen molar-refractivity contribution in [3.05, 3.63) is 59.1 Å². The van der Waals surface area contributed by atoms with Crippen LogP contribution in [0.3, 0.4) is 0 Å². The third-order valence-corrected chi connectivity index (χ3v) is 8.73. The van der Waals surface area contributed by atoms with Crippen LogP contribution in [0.4, 0.5) is 15.9 Å². The fourth-order valence-corrected chi connectivity index (χ4v) is 6.03. The van der Waals surface area contributed by atoms with Gasteiger partial charge in [0, 0.05) is 56.0 Å². The van der Waals surface area contributed by atoms with Crippen LogP contribution in [0, 0.1) is 17.7 Å². The van der Waals surface area contributed by atoms with Crippen molar-refractivity contribution < 1.29 is 23.4 Å². The first-order valence-electron chi connectivity index (χ1n) is 13.6. The van der Waals surface area contributed by atoms with Gasteiger partial charge in [0.2, 0.25) is 5.91 Å². The van der Waals surface area contributed by atoms with Gasteiger partial charge in [-0.2, -0.15) is 0 Å². The van der Waals surface area contributed by atoms with Crippen LogP contribution in [-0.4, -0.2) is 84.3 Å². The zero-order valence-electron chi connectivity index (χ0n) is 22.3. The molecule has 1 aliphatic carbocycles. The Kier molecular flexibility index (Phi) is 8.16. The first kappa shape index (κ1) is 28.0. The molecule has 0 radical (unpaired) electrons. The molecule has 2 bridgehead atoms. The summed E-state index contributed by atoms with van der Waals surface area (Å²) >= 11 is 12.0. The Bertz CT molecular complexity index is 1460. The highest BCUT2D eigenvalue weighted by atomic mass is 35.5. The van der Waals surface area contributed by atoms with E-state index in [-0.39, 0.29) is 39.6 Å². The van der Waals surface area contributed by atoms with Gasteiger partial charge in [0.15, 0.2) is 17.3 Å². The van der Waals surface area contributed by atoms with Crippen LogP contribution in [0.2, 0.25) is 10.0 Å². The number of hydrogen-bond donors (Lipinski definition) is 1. The molecule has 3 atom stereocenters. The summed E-state index contributed by atoms with van der Waals surface area (Å²) in [4.78, 5) is 25.1. The summed E-state index contributed by atoms with van der Waals surface area (Å²) < 4.78 is 33.2. The average molecular weight is 602 g/mol. The van der Waals surface area contributed by atoms with Gasteiger partial charge in [-0.3, -0.25) is 9.69 Å². The summed E-state index contributed by atoms with van der Waals surface area (Å²) in [5.74, 6) is 1.20. The van der Waals surface area contributed by atoms with Gasteiger partial charge >= 0.3 is 0 Å². The predicted molar refractivity (Wildman–Crippen MR) is 155 cm³/mol. The van der Waals surface area contributed by atoms with Crippen molar-refractivity contribution in [1.82, 2.24) is 19.8 Å². The molecule has 4 aliphatic rings. The number of anilines is 2. The Hall–Kier alpha value is -3.18. The molecule has 1 aromatic heterocycles. The largest absolute Gasteiger partial charge is 0.488 e. The van der Waals surface area contributed by atoms with Gasteiger partial charge in [0.25, 0.3) is 0 Å². The third-order valence-electron chi connectivity index (χ3n) is 7.95. The number of rotatable bonds is 9. The highest BCUT2D eigenvalue weighted by molar-refractivity contribution is 6.42. The molecule has 0 spiro atoms. The summed E-state index contributed by atoms with van der Waals surface area (Å²) in [6.45, 7) is 9.24. The van der Waals surface area contributed by atoms with Crippen LogP contribution in [0.1, 0.15) is 6.42 Å². The van der Waals surface area contributed by atoms with Crippen LogP contribution in [0.15, 0.2) is 43.2 Å². The minimum Gasteiger partial charge on any atom is -0.488 e. The zero-order valence-corrected chi connectivity index (χ0v) is 23.8. The predicted octanol–water partition coefficient (Wildman–Crippen LogP) is 4.94. The number of halogens is 3. The van der Waals surface area contributed by atoms with E-state index < -0.39 is 5.82 Å². The maximum atomic E-state index is 14.8. The number of carbonyl (C=O) groups excluding carboxylic acids is 1. The van der Waals surface area contributed by atoms with Crippen LogP contribution >= 0.6 is 23.2 Å². The summed E-state index contributed by atoms with van der Waals surface area (Å²) in [7, 11) is 0. The van der Waals surface area contributed by atoms with E-state index in [0.29, 0.717) is 61.1 Å². The van der Waals surface area contributed by atoms with Crippen molar-refractivity contribution in [2.24, 2.45) is 11.8 Å². The summed E-state index contributed by atoms with van der Waals surface area (Å²) in [6.07, 6.45) is 3.70. The molecule has 4 heterocycles. The van der Waals surface area contributed by atoms with E-state index in [0.717, 1.165) is 26.1 Å². The topological polar surface area (TPSA) is 89.0 Å². The highest BCUT2D eigenvalue weighted by Crippen LogP contribution is 2.45. The van der Waals surface area contributed by atoms with Crippen LogP contribution in [0.5, 0.6) is 11.5 Å². The van der Waals surface area contributed by atoms with Gasteiger partial charge in [0.05, 0.1) is 34.5 Å². The minimum atomic E-state index is -0.675. The SMILES string of the molecule is C=CC(=O)N1C[C@H]2C[C@@H](C1)[C@H]2Oc1cc2c(Nc3ccc(Cl)c(Cl)c3F)ncnc2cc1OCCN1CCOCC1. The van der Waals surface area contributed by atoms with Crippen molar-refractivity contribution in [3.8, 4) is 11.5 Å². The lowest BCUT2D eigenvalue weighted by molar-refractivity contribution is -0.142. The number of morpholine rings is 1. The van der Waals surface area contributed by atoms with Crippen molar-refractivity contribution in [2.45, 2.75) is 12.5 Å². The minimum absolute atomic E-state index is 0.0570. The maximum Gasteiger partial charge on any atom is 0.245 e. The molecule has 3 aliphatic heterocycles. The van der Waals surface area contributed by atoms with Crippen molar-refractivity contribution in [2.75, 3.05) is 57.9 Å². The van der Waals surface area contributed by atoms with Gasteiger partial charge in [-0.15, -0.1) is 0 Å². The fraction of sp³-hybridized carbons (Fsp3) is 0.414. The Balaban J connectivity index is 1.28. The van der Waals surface area contributed by atoms with Crippen molar-refractivity contribution >= 4 is 51.5 Å². The molecule has 41 heavy (non-hydrogen) atoms. The van der Waals surface area contributed by atoms with Gasteiger partial charge in [-0.1, -0.05) is 29.8 Å². The van der Waals surface area contributed by atoms with Gasteiger partial charge in [-0.05, 0) is 30.7 Å². The quantitative estimate of drug-likeness (QED) is 0.272. The highest BCUT2D eigenvalue weighted by Gasteiger charge is 2.49. The second kappa shape index (κ2) is 12.0. The second-order valence-electron chi connectivity index (χ2n) is 10.5. The van der Waals surface area contributed by atoms with E-state index in [1.165, 1.54) is 24.5 Å².